The van der Waals surface area contributed by atoms with E-state index >= 15 is 0 Å². The van der Waals surface area contributed by atoms with Gasteiger partial charge in [0.1, 0.15) is 5.75 Å². The Morgan fingerprint density at radius 1 is 0.974 bits per heavy atom. The molecule has 1 unspecified atom stereocenters. The number of benzene rings is 3. The summed E-state index contributed by atoms with van der Waals surface area (Å²) in [5.74, 6) is 0.241. The predicted molar refractivity (Wildman–Crippen MR) is 154 cm³/mol. The quantitative estimate of drug-likeness (QED) is 0.352. The van der Waals surface area contributed by atoms with E-state index in [0.717, 1.165) is 16.9 Å². The normalized spacial score (nSPS) is 17.0. The van der Waals surface area contributed by atoms with E-state index in [2.05, 4.69) is 26.8 Å². The Bertz CT molecular complexity index is 1440. The maximum absolute atomic E-state index is 13.8. The van der Waals surface area contributed by atoms with Crippen LogP contribution in [0, 0.1) is 11.3 Å². The molecule has 39 heavy (non-hydrogen) atoms. The van der Waals surface area contributed by atoms with Gasteiger partial charge in [0.25, 0.3) is 11.8 Å². The third kappa shape index (κ3) is 5.90. The highest BCUT2D eigenvalue weighted by Crippen LogP contribution is 2.36. The van der Waals surface area contributed by atoms with Crippen LogP contribution in [-0.2, 0) is 5.41 Å². The number of likely N-dealkylation sites (N-methyl/N-ethyl adjacent to an activating group) is 1. The van der Waals surface area contributed by atoms with Crippen molar-refractivity contribution in [1.29, 1.82) is 5.26 Å². The molecule has 2 amide bonds. The molecule has 1 saturated heterocycles. The Hall–Kier alpha value is -3.53. The summed E-state index contributed by atoms with van der Waals surface area (Å²) in [5.41, 5.74) is 3.14. The van der Waals surface area contributed by atoms with Crippen molar-refractivity contribution in [2.24, 2.45) is 0 Å². The molecule has 202 valence electrons. The largest absolute Gasteiger partial charge is 0.496 e. The Balaban J connectivity index is 1.68. The molecule has 0 aromatic heterocycles. The molecule has 1 fully saturated rings. The lowest BCUT2D eigenvalue weighted by Crippen LogP contribution is -2.42. The maximum Gasteiger partial charge on any atom is 0.253 e. The van der Waals surface area contributed by atoms with Crippen LogP contribution >= 0.6 is 23.2 Å². The molecular weight excluding hydrogens is 533 g/mol. The standard InChI is InChI=1S/C31H31Cl2N3O3/c1-31(2,3)24-14-22(11-13-28(24)39-5)29(37)35(4)27-18-36(30(38)20-8-6-19(16-34)7-9-20)17-23(27)21-10-12-25(32)26(33)15-21/h6-15,23,27H,17-18H2,1-5H3/t23?,27-/m1/s1. The fourth-order valence-electron chi connectivity index (χ4n) is 5.07. The molecule has 1 aliphatic heterocycles. The third-order valence-corrected chi connectivity index (χ3v) is 8.02. The second-order valence-corrected chi connectivity index (χ2v) is 11.6. The molecule has 0 radical (unpaired) electrons. The van der Waals surface area contributed by atoms with Crippen molar-refractivity contribution in [3.05, 3.63) is 98.5 Å². The van der Waals surface area contributed by atoms with Crippen molar-refractivity contribution in [3.63, 3.8) is 0 Å². The van der Waals surface area contributed by atoms with E-state index in [-0.39, 0.29) is 29.2 Å². The highest BCUT2D eigenvalue weighted by atomic mass is 35.5. The number of hydrogen-bond donors (Lipinski definition) is 0. The number of halogens is 2. The van der Waals surface area contributed by atoms with Gasteiger partial charge in [-0.15, -0.1) is 0 Å². The van der Waals surface area contributed by atoms with Gasteiger partial charge in [-0.3, -0.25) is 9.59 Å². The van der Waals surface area contributed by atoms with Gasteiger partial charge >= 0.3 is 0 Å². The zero-order valence-electron chi connectivity index (χ0n) is 22.7. The number of ether oxygens (including phenoxy) is 1. The van der Waals surface area contributed by atoms with Gasteiger partial charge in [-0.25, -0.2) is 0 Å². The van der Waals surface area contributed by atoms with Gasteiger partial charge in [-0.2, -0.15) is 5.26 Å². The van der Waals surface area contributed by atoms with Gasteiger partial charge in [0.05, 0.1) is 34.8 Å². The van der Waals surface area contributed by atoms with Gasteiger partial charge in [0.15, 0.2) is 0 Å². The first-order chi connectivity index (χ1) is 18.4. The predicted octanol–water partition coefficient (Wildman–Crippen LogP) is 6.55. The van der Waals surface area contributed by atoms with Crippen molar-refractivity contribution < 1.29 is 14.3 Å². The molecule has 2 atom stereocenters. The van der Waals surface area contributed by atoms with Crippen LogP contribution in [0.5, 0.6) is 5.75 Å². The lowest BCUT2D eigenvalue weighted by molar-refractivity contribution is 0.0696. The second-order valence-electron chi connectivity index (χ2n) is 10.8. The van der Waals surface area contributed by atoms with Gasteiger partial charge < -0.3 is 14.5 Å². The highest BCUT2D eigenvalue weighted by Gasteiger charge is 2.40. The Morgan fingerprint density at radius 2 is 1.64 bits per heavy atom. The average molecular weight is 565 g/mol. The summed E-state index contributed by atoms with van der Waals surface area (Å²) in [5, 5.41) is 9.97. The van der Waals surface area contributed by atoms with Crippen LogP contribution < -0.4 is 4.74 Å². The molecule has 1 heterocycles. The van der Waals surface area contributed by atoms with Gasteiger partial charge in [-0.1, -0.05) is 50.0 Å². The molecule has 6 nitrogen and oxygen atoms in total. The summed E-state index contributed by atoms with van der Waals surface area (Å²) < 4.78 is 5.55. The van der Waals surface area contributed by atoms with E-state index in [1.807, 2.05) is 18.2 Å². The molecule has 8 heteroatoms. The minimum absolute atomic E-state index is 0.147. The number of nitriles is 1. The average Bonchev–Trinajstić information content (AvgIpc) is 3.38. The summed E-state index contributed by atoms with van der Waals surface area (Å²) in [6.07, 6.45) is 0. The van der Waals surface area contributed by atoms with E-state index in [1.54, 1.807) is 66.4 Å². The third-order valence-electron chi connectivity index (χ3n) is 7.28. The number of likely N-dealkylation sites (tertiary alicyclic amines) is 1. The summed E-state index contributed by atoms with van der Waals surface area (Å²) in [6, 6.07) is 19.3. The van der Waals surface area contributed by atoms with E-state index < -0.39 is 0 Å². The number of carbonyl (C=O) groups excluding carboxylic acids is 2. The minimum Gasteiger partial charge on any atom is -0.496 e. The van der Waals surface area contributed by atoms with Crippen LogP contribution in [0.3, 0.4) is 0 Å². The zero-order valence-corrected chi connectivity index (χ0v) is 24.2. The molecule has 0 saturated carbocycles. The van der Waals surface area contributed by atoms with Gasteiger partial charge in [-0.05, 0) is 65.6 Å². The molecule has 3 aromatic rings. The fraction of sp³-hybridized carbons (Fsp3) is 0.323. The van der Waals surface area contributed by atoms with Crippen LogP contribution in [0.1, 0.15) is 64.1 Å². The monoisotopic (exact) mass is 563 g/mol. The molecule has 3 aromatic carbocycles. The van der Waals surface area contributed by atoms with Crippen LogP contribution in [0.2, 0.25) is 10.0 Å². The molecule has 0 N–H and O–H groups in total. The molecule has 0 spiro atoms. The molecular formula is C31H31Cl2N3O3. The molecule has 1 aliphatic rings. The van der Waals surface area contributed by atoms with Crippen molar-refractivity contribution >= 4 is 35.0 Å². The SMILES string of the molecule is COc1ccc(C(=O)N(C)[C@@H]2CN(C(=O)c3ccc(C#N)cc3)CC2c2ccc(Cl)c(Cl)c2)cc1C(C)(C)C. The Kier molecular flexibility index (Phi) is 8.25. The highest BCUT2D eigenvalue weighted by molar-refractivity contribution is 6.42. The fourth-order valence-corrected chi connectivity index (χ4v) is 5.37. The molecule has 0 bridgehead atoms. The first kappa shape index (κ1) is 28.5. The van der Waals surface area contributed by atoms with Crippen molar-refractivity contribution in [2.75, 3.05) is 27.2 Å². The van der Waals surface area contributed by atoms with Gasteiger partial charge in [0.2, 0.25) is 0 Å². The second kappa shape index (κ2) is 11.3. The van der Waals surface area contributed by atoms with E-state index in [1.165, 1.54) is 0 Å². The molecule has 0 aliphatic carbocycles. The van der Waals surface area contributed by atoms with Crippen molar-refractivity contribution in [2.45, 2.75) is 38.1 Å². The summed E-state index contributed by atoms with van der Waals surface area (Å²) in [7, 11) is 3.40. The number of nitrogens with zero attached hydrogens (tertiary/aromatic N) is 3. The minimum atomic E-state index is -0.308. The number of methoxy groups -OCH3 is 1. The number of hydrogen-bond acceptors (Lipinski definition) is 4. The lowest BCUT2D eigenvalue weighted by atomic mass is 9.85. The Morgan fingerprint density at radius 3 is 2.23 bits per heavy atom. The van der Waals surface area contributed by atoms with Crippen LogP contribution in [0.4, 0.5) is 0 Å². The van der Waals surface area contributed by atoms with E-state index in [4.69, 9.17) is 33.2 Å². The number of carbonyl (C=O) groups is 2. The summed E-state index contributed by atoms with van der Waals surface area (Å²) in [4.78, 5) is 30.7. The van der Waals surface area contributed by atoms with Crippen LogP contribution in [-0.4, -0.2) is 54.9 Å². The maximum atomic E-state index is 13.8. The topological polar surface area (TPSA) is 73.6 Å². The lowest BCUT2D eigenvalue weighted by Gasteiger charge is -2.30. The van der Waals surface area contributed by atoms with Crippen molar-refractivity contribution in [3.8, 4) is 11.8 Å². The summed E-state index contributed by atoms with van der Waals surface area (Å²) in [6.45, 7) is 6.97. The number of rotatable bonds is 5. The first-order valence-electron chi connectivity index (χ1n) is 12.6. The van der Waals surface area contributed by atoms with E-state index in [0.29, 0.717) is 39.8 Å². The van der Waals surface area contributed by atoms with E-state index in [9.17, 15) is 9.59 Å². The molecule has 4 rings (SSSR count). The zero-order chi connectivity index (χ0) is 28.5. The Labute approximate surface area is 239 Å². The first-order valence-corrected chi connectivity index (χ1v) is 13.4. The smallest absolute Gasteiger partial charge is 0.253 e. The van der Waals surface area contributed by atoms with Crippen molar-refractivity contribution in [1.82, 2.24) is 9.80 Å². The number of amides is 2. The summed E-state index contributed by atoms with van der Waals surface area (Å²) >= 11 is 12.5. The van der Waals surface area contributed by atoms with Crippen LogP contribution in [0.25, 0.3) is 0 Å². The van der Waals surface area contributed by atoms with Crippen LogP contribution in [0.15, 0.2) is 60.7 Å². The van der Waals surface area contributed by atoms with Gasteiger partial charge in [0, 0.05) is 42.7 Å².